The van der Waals surface area contributed by atoms with Crippen LogP contribution >= 0.6 is 0 Å². The largest absolute Gasteiger partial charge is 0.476 e. The van der Waals surface area contributed by atoms with Crippen molar-refractivity contribution in [2.75, 3.05) is 12.0 Å². The molecule has 1 unspecified atom stereocenters. The fraction of sp³-hybridized carbons (Fsp3) is 0.500. The second-order valence-corrected chi connectivity index (χ2v) is 5.71. The topological polar surface area (TPSA) is 55.8 Å². The molecule has 1 atom stereocenters. The maximum absolute atomic E-state index is 12.7. The Hall–Kier alpha value is -2.04. The summed E-state index contributed by atoms with van der Waals surface area (Å²) in [6.07, 6.45) is 0.474. The molecule has 0 aromatic heterocycles. The van der Waals surface area contributed by atoms with Crippen LogP contribution in [0.3, 0.4) is 0 Å². The SMILES string of the molecule is CCC(C(=O)OC)N1C(=O)C(C)(C)Oc2ccc(C)cc21. The summed E-state index contributed by atoms with van der Waals surface area (Å²) in [5.41, 5.74) is 0.607. The van der Waals surface area contributed by atoms with Crippen molar-refractivity contribution in [1.29, 1.82) is 0 Å². The molecule has 114 valence electrons. The molecule has 1 aromatic carbocycles. The van der Waals surface area contributed by atoms with Crippen LogP contribution in [0.15, 0.2) is 18.2 Å². The van der Waals surface area contributed by atoms with Crippen molar-refractivity contribution in [3.05, 3.63) is 23.8 Å². The normalized spacial score (nSPS) is 17.8. The zero-order chi connectivity index (χ0) is 15.8. The molecule has 0 fully saturated rings. The number of nitrogens with zero attached hydrogens (tertiary/aromatic N) is 1. The monoisotopic (exact) mass is 291 g/mol. The molecular weight excluding hydrogens is 270 g/mol. The lowest BCUT2D eigenvalue weighted by molar-refractivity contribution is -0.145. The van der Waals surface area contributed by atoms with Gasteiger partial charge in [-0.3, -0.25) is 9.69 Å². The number of hydrogen-bond acceptors (Lipinski definition) is 4. The molecule has 0 aliphatic carbocycles. The van der Waals surface area contributed by atoms with E-state index in [1.807, 2.05) is 32.0 Å². The molecule has 1 aromatic rings. The minimum absolute atomic E-state index is 0.238. The van der Waals surface area contributed by atoms with Gasteiger partial charge in [-0.15, -0.1) is 0 Å². The number of amides is 1. The van der Waals surface area contributed by atoms with Crippen molar-refractivity contribution in [3.8, 4) is 5.75 Å². The Morgan fingerprint density at radius 1 is 1.43 bits per heavy atom. The number of fused-ring (bicyclic) bond motifs is 1. The summed E-state index contributed by atoms with van der Waals surface area (Å²) in [5, 5.41) is 0. The van der Waals surface area contributed by atoms with Gasteiger partial charge in [-0.2, -0.15) is 0 Å². The fourth-order valence-electron chi connectivity index (χ4n) is 2.52. The van der Waals surface area contributed by atoms with Gasteiger partial charge in [-0.05, 0) is 44.9 Å². The first kappa shape index (κ1) is 15.4. The quantitative estimate of drug-likeness (QED) is 0.803. The highest BCUT2D eigenvalue weighted by atomic mass is 16.5. The number of aryl methyl sites for hydroxylation is 1. The lowest BCUT2D eigenvalue weighted by Gasteiger charge is -2.41. The van der Waals surface area contributed by atoms with Gasteiger partial charge in [0.25, 0.3) is 5.91 Å². The highest BCUT2D eigenvalue weighted by Crippen LogP contribution is 2.40. The van der Waals surface area contributed by atoms with Crippen LogP contribution in [-0.2, 0) is 14.3 Å². The zero-order valence-electron chi connectivity index (χ0n) is 13.1. The van der Waals surface area contributed by atoms with E-state index in [0.29, 0.717) is 17.9 Å². The van der Waals surface area contributed by atoms with Crippen molar-refractivity contribution in [2.24, 2.45) is 0 Å². The molecule has 1 amide bonds. The number of hydrogen-bond donors (Lipinski definition) is 0. The predicted molar refractivity (Wildman–Crippen MR) is 79.5 cm³/mol. The van der Waals surface area contributed by atoms with E-state index in [9.17, 15) is 9.59 Å². The van der Waals surface area contributed by atoms with Crippen molar-refractivity contribution < 1.29 is 19.1 Å². The molecule has 5 heteroatoms. The van der Waals surface area contributed by atoms with Gasteiger partial charge in [0.15, 0.2) is 5.60 Å². The van der Waals surface area contributed by atoms with Crippen LogP contribution < -0.4 is 9.64 Å². The van der Waals surface area contributed by atoms with E-state index in [2.05, 4.69) is 0 Å². The van der Waals surface area contributed by atoms with Crippen LogP contribution in [0.25, 0.3) is 0 Å². The Labute approximate surface area is 124 Å². The number of anilines is 1. The van der Waals surface area contributed by atoms with Crippen molar-refractivity contribution in [1.82, 2.24) is 0 Å². The van der Waals surface area contributed by atoms with E-state index in [0.717, 1.165) is 5.56 Å². The lowest BCUT2D eigenvalue weighted by atomic mass is 10.00. The zero-order valence-corrected chi connectivity index (χ0v) is 13.1. The third-order valence-electron chi connectivity index (χ3n) is 3.64. The minimum atomic E-state index is -1.01. The average molecular weight is 291 g/mol. The molecule has 0 radical (unpaired) electrons. The third-order valence-corrected chi connectivity index (χ3v) is 3.64. The van der Waals surface area contributed by atoms with Crippen molar-refractivity contribution in [3.63, 3.8) is 0 Å². The van der Waals surface area contributed by atoms with E-state index in [1.165, 1.54) is 12.0 Å². The Bertz CT molecular complexity index is 580. The summed E-state index contributed by atoms with van der Waals surface area (Å²) < 4.78 is 10.6. The van der Waals surface area contributed by atoms with Gasteiger partial charge < -0.3 is 9.47 Å². The third kappa shape index (κ3) is 2.60. The van der Waals surface area contributed by atoms with E-state index < -0.39 is 17.6 Å². The number of ether oxygens (including phenoxy) is 2. The molecule has 5 nitrogen and oxygen atoms in total. The van der Waals surface area contributed by atoms with Gasteiger partial charge in [0.2, 0.25) is 0 Å². The molecule has 1 aliphatic rings. The first-order chi connectivity index (χ1) is 9.81. The van der Waals surface area contributed by atoms with E-state index in [-0.39, 0.29) is 5.91 Å². The summed E-state index contributed by atoms with van der Waals surface area (Å²) >= 11 is 0. The standard InChI is InChI=1S/C16H21NO4/c1-6-11(14(18)20-5)17-12-9-10(2)7-8-13(12)21-16(3,4)15(17)19/h7-9,11H,6H2,1-5H3. The van der Waals surface area contributed by atoms with Gasteiger partial charge in [0.1, 0.15) is 11.8 Å². The number of benzene rings is 1. The van der Waals surface area contributed by atoms with E-state index in [1.54, 1.807) is 13.8 Å². The predicted octanol–water partition coefficient (Wildman–Crippen LogP) is 2.45. The fourth-order valence-corrected chi connectivity index (χ4v) is 2.52. The van der Waals surface area contributed by atoms with Crippen LogP contribution in [-0.4, -0.2) is 30.6 Å². The van der Waals surface area contributed by atoms with Crippen molar-refractivity contribution in [2.45, 2.75) is 45.8 Å². The summed E-state index contributed by atoms with van der Waals surface area (Å²) in [6.45, 7) is 7.19. The number of carbonyl (C=O) groups is 2. The van der Waals surface area contributed by atoms with E-state index >= 15 is 0 Å². The van der Waals surface area contributed by atoms with Gasteiger partial charge >= 0.3 is 5.97 Å². The molecule has 2 rings (SSSR count). The summed E-state index contributed by atoms with van der Waals surface area (Å²) in [4.78, 5) is 26.3. The minimum Gasteiger partial charge on any atom is -0.476 e. The second kappa shape index (κ2) is 5.39. The number of methoxy groups -OCH3 is 1. The molecule has 0 N–H and O–H groups in total. The van der Waals surface area contributed by atoms with Crippen LogP contribution in [0.2, 0.25) is 0 Å². The molecule has 1 heterocycles. The summed E-state index contributed by atoms with van der Waals surface area (Å²) in [5.74, 6) is -0.0543. The maximum Gasteiger partial charge on any atom is 0.328 e. The molecular formula is C16H21NO4. The molecule has 0 spiro atoms. The summed E-state index contributed by atoms with van der Waals surface area (Å²) in [7, 11) is 1.33. The Kier molecular flexibility index (Phi) is 3.94. The number of esters is 1. The average Bonchev–Trinajstić information content (AvgIpc) is 2.44. The summed E-state index contributed by atoms with van der Waals surface area (Å²) in [6, 6.07) is 4.96. The molecule has 0 saturated heterocycles. The highest BCUT2D eigenvalue weighted by molar-refractivity contribution is 6.06. The van der Waals surface area contributed by atoms with E-state index in [4.69, 9.17) is 9.47 Å². The first-order valence-corrected chi connectivity index (χ1v) is 7.03. The molecule has 21 heavy (non-hydrogen) atoms. The molecule has 0 bridgehead atoms. The lowest BCUT2D eigenvalue weighted by Crippen LogP contribution is -2.58. The van der Waals surface area contributed by atoms with Crippen molar-refractivity contribution >= 4 is 17.6 Å². The number of carbonyl (C=O) groups excluding carboxylic acids is 2. The highest BCUT2D eigenvalue weighted by Gasteiger charge is 2.45. The molecule has 1 aliphatic heterocycles. The van der Waals surface area contributed by atoms with Crippen LogP contribution in [0, 0.1) is 6.92 Å². The number of rotatable bonds is 3. The van der Waals surface area contributed by atoms with Gasteiger partial charge in [0, 0.05) is 0 Å². The van der Waals surface area contributed by atoms with Gasteiger partial charge in [-0.1, -0.05) is 13.0 Å². The Morgan fingerprint density at radius 2 is 2.10 bits per heavy atom. The van der Waals surface area contributed by atoms with Crippen LogP contribution in [0.5, 0.6) is 5.75 Å². The second-order valence-electron chi connectivity index (χ2n) is 5.71. The first-order valence-electron chi connectivity index (χ1n) is 7.03. The van der Waals surface area contributed by atoms with Gasteiger partial charge in [-0.25, -0.2) is 4.79 Å². The molecule has 0 saturated carbocycles. The smallest absolute Gasteiger partial charge is 0.328 e. The maximum atomic E-state index is 12.7. The van der Waals surface area contributed by atoms with Crippen LogP contribution in [0.1, 0.15) is 32.8 Å². The van der Waals surface area contributed by atoms with Crippen LogP contribution in [0.4, 0.5) is 5.69 Å². The van der Waals surface area contributed by atoms with Gasteiger partial charge in [0.05, 0.1) is 12.8 Å². The Balaban J connectivity index is 2.59. The Morgan fingerprint density at radius 3 is 2.67 bits per heavy atom.